The Balaban J connectivity index is 1.71. The minimum atomic E-state index is -4.57. The molecule has 1 fully saturated rings. The monoisotopic (exact) mass is 454 g/mol. The number of para-hydroxylation sites is 1. The Hall–Kier alpha value is -2.74. The Morgan fingerprint density at radius 2 is 1.71 bits per heavy atom. The predicted molar refractivity (Wildman–Crippen MR) is 111 cm³/mol. The third-order valence-corrected chi connectivity index (χ3v) is 5.31. The van der Waals surface area contributed by atoms with Gasteiger partial charge < -0.3 is 15.0 Å². The highest BCUT2D eigenvalue weighted by Crippen LogP contribution is 2.34. The van der Waals surface area contributed by atoms with Gasteiger partial charge in [0.05, 0.1) is 21.8 Å². The van der Waals surface area contributed by atoms with E-state index in [1.54, 1.807) is 17.0 Å². The van der Waals surface area contributed by atoms with Gasteiger partial charge in [0.25, 0.3) is 11.8 Å². The summed E-state index contributed by atoms with van der Waals surface area (Å²) >= 11 is 5.96. The Morgan fingerprint density at radius 3 is 2.39 bits per heavy atom. The minimum Gasteiger partial charge on any atom is -0.483 e. The highest BCUT2D eigenvalue weighted by molar-refractivity contribution is 6.34. The van der Waals surface area contributed by atoms with Crippen LogP contribution in [-0.4, -0.2) is 36.4 Å². The van der Waals surface area contributed by atoms with Crippen LogP contribution in [-0.2, 0) is 11.0 Å². The van der Waals surface area contributed by atoms with Crippen LogP contribution in [0.15, 0.2) is 42.5 Å². The van der Waals surface area contributed by atoms with Crippen LogP contribution in [0.5, 0.6) is 5.75 Å². The summed E-state index contributed by atoms with van der Waals surface area (Å²) in [6, 6.07) is 8.89. The van der Waals surface area contributed by atoms with E-state index in [0.29, 0.717) is 13.1 Å². The SMILES string of the molecule is O=C(Nc1cc(C(F)(F)F)ccc1Cl)c1ccccc1OCC(=O)N1CCCCCC1. The standard InChI is InChI=1S/C22H22ClF3N2O3/c23-17-10-9-15(22(24,25)26)13-18(17)27-21(30)16-7-3-4-8-19(16)31-14-20(29)28-11-5-1-2-6-12-28/h3-4,7-10,13H,1-2,5-6,11-12,14H2,(H,27,30). The summed E-state index contributed by atoms with van der Waals surface area (Å²) in [5.74, 6) is -0.705. The maximum atomic E-state index is 13.0. The molecule has 0 aromatic heterocycles. The number of ether oxygens (including phenoxy) is 1. The van der Waals surface area contributed by atoms with Crippen LogP contribution in [0.2, 0.25) is 5.02 Å². The van der Waals surface area contributed by atoms with Crippen molar-refractivity contribution in [1.82, 2.24) is 4.90 Å². The van der Waals surface area contributed by atoms with Gasteiger partial charge in [-0.15, -0.1) is 0 Å². The van der Waals surface area contributed by atoms with Crippen molar-refractivity contribution in [1.29, 1.82) is 0 Å². The number of hydrogen-bond donors (Lipinski definition) is 1. The third kappa shape index (κ3) is 6.13. The number of nitrogens with zero attached hydrogens (tertiary/aromatic N) is 1. The van der Waals surface area contributed by atoms with E-state index >= 15 is 0 Å². The zero-order valence-corrected chi connectivity index (χ0v) is 17.4. The van der Waals surface area contributed by atoms with Crippen LogP contribution in [0, 0.1) is 0 Å². The van der Waals surface area contributed by atoms with Crippen LogP contribution in [0.4, 0.5) is 18.9 Å². The molecule has 1 aliphatic heterocycles. The van der Waals surface area contributed by atoms with Gasteiger partial charge in [0.2, 0.25) is 0 Å². The zero-order chi connectivity index (χ0) is 22.4. The second kappa shape index (κ2) is 10.0. The van der Waals surface area contributed by atoms with Gasteiger partial charge in [-0.2, -0.15) is 13.2 Å². The molecule has 3 rings (SSSR count). The van der Waals surface area contributed by atoms with Gasteiger partial charge in [0.15, 0.2) is 6.61 Å². The van der Waals surface area contributed by atoms with Gasteiger partial charge in [-0.05, 0) is 43.2 Å². The van der Waals surface area contributed by atoms with Crippen LogP contribution in [0.1, 0.15) is 41.6 Å². The number of amides is 2. The molecular weight excluding hydrogens is 433 g/mol. The molecular formula is C22H22ClF3N2O3. The van der Waals surface area contributed by atoms with Crippen molar-refractivity contribution in [3.8, 4) is 5.75 Å². The topological polar surface area (TPSA) is 58.6 Å². The Kier molecular flexibility index (Phi) is 7.43. The highest BCUT2D eigenvalue weighted by atomic mass is 35.5. The fraction of sp³-hybridized carbons (Fsp3) is 0.364. The Morgan fingerprint density at radius 1 is 1.03 bits per heavy atom. The first-order valence-electron chi connectivity index (χ1n) is 9.93. The first kappa shape index (κ1) is 22.9. The molecule has 0 saturated carbocycles. The molecule has 5 nitrogen and oxygen atoms in total. The first-order valence-corrected chi connectivity index (χ1v) is 10.3. The Labute approximate surface area is 183 Å². The molecule has 0 spiro atoms. The second-order valence-electron chi connectivity index (χ2n) is 7.23. The molecule has 0 unspecified atom stereocenters. The molecule has 2 aromatic carbocycles. The number of nitrogens with one attached hydrogen (secondary N) is 1. The molecule has 1 aliphatic rings. The van der Waals surface area contributed by atoms with Crippen LogP contribution >= 0.6 is 11.6 Å². The average Bonchev–Trinajstić information content (AvgIpc) is 3.02. The molecule has 0 aliphatic carbocycles. The van der Waals surface area contributed by atoms with E-state index in [4.69, 9.17) is 16.3 Å². The van der Waals surface area contributed by atoms with Crippen molar-refractivity contribution in [3.63, 3.8) is 0 Å². The van der Waals surface area contributed by atoms with Crippen molar-refractivity contribution >= 4 is 29.1 Å². The number of halogens is 4. The molecule has 2 aromatic rings. The van der Waals surface area contributed by atoms with Gasteiger partial charge >= 0.3 is 6.18 Å². The van der Waals surface area contributed by atoms with Crippen molar-refractivity contribution in [2.24, 2.45) is 0 Å². The lowest BCUT2D eigenvalue weighted by Gasteiger charge is -2.20. The average molecular weight is 455 g/mol. The summed E-state index contributed by atoms with van der Waals surface area (Å²) in [7, 11) is 0. The van der Waals surface area contributed by atoms with Crippen molar-refractivity contribution in [3.05, 3.63) is 58.6 Å². The smallest absolute Gasteiger partial charge is 0.416 e. The molecule has 1 heterocycles. The number of carbonyl (C=O) groups excluding carboxylic acids is 2. The molecule has 9 heteroatoms. The summed E-state index contributed by atoms with van der Waals surface area (Å²) in [5.41, 5.74) is -1.02. The molecule has 0 radical (unpaired) electrons. The van der Waals surface area contributed by atoms with E-state index in [1.807, 2.05) is 0 Å². The van der Waals surface area contributed by atoms with Crippen molar-refractivity contribution < 1.29 is 27.5 Å². The molecule has 0 bridgehead atoms. The van der Waals surface area contributed by atoms with Gasteiger partial charge in [0.1, 0.15) is 5.75 Å². The molecule has 0 atom stereocenters. The quantitative estimate of drug-likeness (QED) is 0.658. The normalized spacial score (nSPS) is 14.6. The molecule has 1 N–H and O–H groups in total. The number of carbonyl (C=O) groups is 2. The third-order valence-electron chi connectivity index (χ3n) is 4.98. The van der Waals surface area contributed by atoms with E-state index < -0.39 is 17.6 Å². The fourth-order valence-corrected chi connectivity index (χ4v) is 3.48. The number of likely N-dealkylation sites (tertiary alicyclic amines) is 1. The largest absolute Gasteiger partial charge is 0.483 e. The number of benzene rings is 2. The summed E-state index contributed by atoms with van der Waals surface area (Å²) in [6.07, 6.45) is -0.499. The maximum absolute atomic E-state index is 13.0. The predicted octanol–water partition coefficient (Wildman–Crippen LogP) is 5.39. The molecule has 31 heavy (non-hydrogen) atoms. The first-order chi connectivity index (χ1) is 14.8. The number of rotatable bonds is 5. The van der Waals surface area contributed by atoms with Crippen molar-refractivity contribution in [2.75, 3.05) is 25.0 Å². The van der Waals surface area contributed by atoms with E-state index in [-0.39, 0.29) is 34.5 Å². The van der Waals surface area contributed by atoms with E-state index in [9.17, 15) is 22.8 Å². The Bertz CT molecular complexity index is 942. The maximum Gasteiger partial charge on any atom is 0.416 e. The summed E-state index contributed by atoms with van der Waals surface area (Å²) in [4.78, 5) is 26.9. The van der Waals surface area contributed by atoms with E-state index in [2.05, 4.69) is 5.32 Å². The lowest BCUT2D eigenvalue weighted by molar-refractivity contribution is -0.137. The van der Waals surface area contributed by atoms with E-state index in [1.165, 1.54) is 12.1 Å². The molecule has 166 valence electrons. The van der Waals surface area contributed by atoms with Crippen LogP contribution < -0.4 is 10.1 Å². The molecule has 2 amide bonds. The van der Waals surface area contributed by atoms with Gasteiger partial charge in [-0.25, -0.2) is 0 Å². The lowest BCUT2D eigenvalue weighted by atomic mass is 10.1. The molecule has 1 saturated heterocycles. The van der Waals surface area contributed by atoms with Crippen LogP contribution in [0.25, 0.3) is 0 Å². The summed E-state index contributed by atoms with van der Waals surface area (Å²) in [6.45, 7) is 1.13. The summed E-state index contributed by atoms with van der Waals surface area (Å²) < 4.78 is 44.5. The lowest BCUT2D eigenvalue weighted by Crippen LogP contribution is -2.35. The minimum absolute atomic E-state index is 0.0314. The highest BCUT2D eigenvalue weighted by Gasteiger charge is 2.31. The van der Waals surface area contributed by atoms with Gasteiger partial charge in [0, 0.05) is 13.1 Å². The number of alkyl halides is 3. The van der Waals surface area contributed by atoms with Crippen LogP contribution in [0.3, 0.4) is 0 Å². The van der Waals surface area contributed by atoms with E-state index in [0.717, 1.165) is 43.9 Å². The number of hydrogen-bond acceptors (Lipinski definition) is 3. The fourth-order valence-electron chi connectivity index (χ4n) is 3.32. The zero-order valence-electron chi connectivity index (χ0n) is 16.7. The van der Waals surface area contributed by atoms with Gasteiger partial charge in [-0.1, -0.05) is 36.6 Å². The number of anilines is 1. The second-order valence-corrected chi connectivity index (χ2v) is 7.63. The summed E-state index contributed by atoms with van der Waals surface area (Å²) in [5, 5.41) is 2.36. The van der Waals surface area contributed by atoms with Gasteiger partial charge in [-0.3, -0.25) is 9.59 Å². The van der Waals surface area contributed by atoms with Crippen molar-refractivity contribution in [2.45, 2.75) is 31.9 Å².